The van der Waals surface area contributed by atoms with Crippen molar-refractivity contribution < 1.29 is 14.0 Å². The van der Waals surface area contributed by atoms with E-state index in [9.17, 15) is 9.59 Å². The Kier molecular flexibility index (Phi) is 6.04. The van der Waals surface area contributed by atoms with Gasteiger partial charge in [-0.15, -0.1) is 0 Å². The summed E-state index contributed by atoms with van der Waals surface area (Å²) < 4.78 is 5.97. The van der Waals surface area contributed by atoms with E-state index in [1.54, 1.807) is 39.0 Å². The van der Waals surface area contributed by atoms with E-state index in [-0.39, 0.29) is 23.7 Å². The molecule has 0 aliphatic rings. The van der Waals surface area contributed by atoms with Gasteiger partial charge in [-0.2, -0.15) is 0 Å². The van der Waals surface area contributed by atoms with Gasteiger partial charge in [0.2, 0.25) is 17.4 Å². The fourth-order valence-electron chi connectivity index (χ4n) is 3.65. The minimum Gasteiger partial charge on any atom is -0.434 e. The Bertz CT molecular complexity index is 1380. The number of ketones is 1. The standard InChI is InChI=1S/C26H22Cl2N2O3/c1-26(2,3)24(32)23-18(13-21(29)31)19-12-17(14-8-10-15(27)11-9-14)22(30-25(19)33-23)16-6-4-5-7-20(16)28/h4-12H,13H2,1-3H3,(H2,29,31). The van der Waals surface area contributed by atoms with Gasteiger partial charge < -0.3 is 10.2 Å². The number of fused-ring (bicyclic) bond motifs is 1. The molecule has 168 valence electrons. The molecule has 2 aromatic heterocycles. The lowest BCUT2D eigenvalue weighted by Crippen LogP contribution is -2.22. The van der Waals surface area contributed by atoms with Crippen molar-refractivity contribution in [1.82, 2.24) is 4.98 Å². The summed E-state index contributed by atoms with van der Waals surface area (Å²) in [6.45, 7) is 5.37. The molecular weight excluding hydrogens is 459 g/mol. The van der Waals surface area contributed by atoms with E-state index in [0.717, 1.165) is 11.1 Å². The fourth-order valence-corrected chi connectivity index (χ4v) is 4.00. The summed E-state index contributed by atoms with van der Waals surface area (Å²) >= 11 is 12.6. The molecule has 2 heterocycles. The number of pyridine rings is 1. The Morgan fingerprint density at radius 2 is 1.67 bits per heavy atom. The molecule has 0 radical (unpaired) electrons. The summed E-state index contributed by atoms with van der Waals surface area (Å²) in [5.74, 6) is -0.699. The molecule has 4 aromatic rings. The predicted molar refractivity (Wildman–Crippen MR) is 132 cm³/mol. The molecule has 0 aliphatic carbocycles. The highest BCUT2D eigenvalue weighted by molar-refractivity contribution is 6.33. The molecule has 0 atom stereocenters. The van der Waals surface area contributed by atoms with Crippen LogP contribution in [0, 0.1) is 5.41 Å². The molecule has 7 heteroatoms. The van der Waals surface area contributed by atoms with Crippen LogP contribution in [0.25, 0.3) is 33.5 Å². The largest absolute Gasteiger partial charge is 0.434 e. The highest BCUT2D eigenvalue weighted by Crippen LogP contribution is 2.40. The Morgan fingerprint density at radius 1 is 1.00 bits per heavy atom. The molecule has 2 aromatic carbocycles. The average Bonchev–Trinajstić information content (AvgIpc) is 3.09. The van der Waals surface area contributed by atoms with Gasteiger partial charge in [-0.05, 0) is 29.8 Å². The van der Waals surface area contributed by atoms with Gasteiger partial charge in [0.15, 0.2) is 5.76 Å². The molecule has 0 unspecified atom stereocenters. The second kappa shape index (κ2) is 8.65. The first-order valence-electron chi connectivity index (χ1n) is 10.4. The number of aromatic nitrogens is 1. The van der Waals surface area contributed by atoms with Crippen molar-refractivity contribution in [2.75, 3.05) is 0 Å². The zero-order chi connectivity index (χ0) is 23.9. The van der Waals surface area contributed by atoms with Crippen LogP contribution in [0.1, 0.15) is 36.9 Å². The van der Waals surface area contributed by atoms with Crippen LogP contribution in [0.2, 0.25) is 10.0 Å². The van der Waals surface area contributed by atoms with Crippen LogP contribution in [-0.2, 0) is 11.2 Å². The maximum atomic E-state index is 13.1. The van der Waals surface area contributed by atoms with Crippen LogP contribution in [-0.4, -0.2) is 16.7 Å². The second-order valence-electron chi connectivity index (χ2n) is 8.86. The van der Waals surface area contributed by atoms with Crippen LogP contribution in [0.5, 0.6) is 0 Å². The first-order chi connectivity index (χ1) is 15.6. The Labute approximate surface area is 201 Å². The summed E-state index contributed by atoms with van der Waals surface area (Å²) in [6.07, 6.45) is -0.142. The number of amides is 1. The molecule has 0 bridgehead atoms. The molecular formula is C26H22Cl2N2O3. The number of hydrogen-bond acceptors (Lipinski definition) is 4. The molecule has 4 rings (SSSR count). The predicted octanol–water partition coefficient (Wildman–Crippen LogP) is 6.73. The molecule has 1 amide bonds. The highest BCUT2D eigenvalue weighted by Gasteiger charge is 2.31. The van der Waals surface area contributed by atoms with Crippen molar-refractivity contribution in [3.63, 3.8) is 0 Å². The van der Waals surface area contributed by atoms with Crippen LogP contribution in [0.15, 0.2) is 59.0 Å². The van der Waals surface area contributed by atoms with Gasteiger partial charge in [0.1, 0.15) is 0 Å². The van der Waals surface area contributed by atoms with Gasteiger partial charge in [0, 0.05) is 37.5 Å². The van der Waals surface area contributed by atoms with Crippen molar-refractivity contribution in [3.05, 3.63) is 76.0 Å². The number of primary amides is 1. The zero-order valence-electron chi connectivity index (χ0n) is 18.4. The Morgan fingerprint density at radius 3 is 2.27 bits per heavy atom. The lowest BCUT2D eigenvalue weighted by Gasteiger charge is -2.15. The summed E-state index contributed by atoms with van der Waals surface area (Å²) in [6, 6.07) is 16.5. The maximum Gasteiger partial charge on any atom is 0.227 e. The molecule has 2 N–H and O–H groups in total. The van der Waals surface area contributed by atoms with Crippen molar-refractivity contribution in [1.29, 1.82) is 0 Å². The molecule has 0 saturated heterocycles. The molecule has 5 nitrogen and oxygen atoms in total. The van der Waals surface area contributed by atoms with E-state index in [1.807, 2.05) is 36.4 Å². The van der Waals surface area contributed by atoms with Crippen molar-refractivity contribution in [2.45, 2.75) is 27.2 Å². The maximum absolute atomic E-state index is 13.1. The first kappa shape index (κ1) is 23.0. The van der Waals surface area contributed by atoms with E-state index in [4.69, 9.17) is 38.3 Å². The summed E-state index contributed by atoms with van der Waals surface area (Å²) in [4.78, 5) is 29.8. The number of benzene rings is 2. The van der Waals surface area contributed by atoms with Crippen molar-refractivity contribution in [2.24, 2.45) is 11.1 Å². The van der Waals surface area contributed by atoms with E-state index >= 15 is 0 Å². The van der Waals surface area contributed by atoms with Crippen LogP contribution in [0.3, 0.4) is 0 Å². The number of hydrogen-bond donors (Lipinski definition) is 1. The van der Waals surface area contributed by atoms with Crippen LogP contribution < -0.4 is 5.73 Å². The number of furan rings is 1. The summed E-state index contributed by atoms with van der Waals surface area (Å²) in [5.41, 5.74) is 8.38. The fraction of sp³-hybridized carbons (Fsp3) is 0.192. The number of nitrogens with zero attached hydrogens (tertiary/aromatic N) is 1. The van der Waals surface area contributed by atoms with Gasteiger partial charge in [-0.25, -0.2) is 4.98 Å². The highest BCUT2D eigenvalue weighted by atomic mass is 35.5. The average molecular weight is 481 g/mol. The van der Waals surface area contributed by atoms with Gasteiger partial charge in [0.05, 0.1) is 12.1 Å². The normalized spacial score (nSPS) is 11.7. The zero-order valence-corrected chi connectivity index (χ0v) is 19.9. The summed E-state index contributed by atoms with van der Waals surface area (Å²) in [7, 11) is 0. The topological polar surface area (TPSA) is 86.2 Å². The minimum absolute atomic E-state index is 0.0992. The van der Waals surface area contributed by atoms with E-state index in [1.165, 1.54) is 0 Å². The third-order valence-corrected chi connectivity index (χ3v) is 5.89. The molecule has 33 heavy (non-hydrogen) atoms. The summed E-state index contributed by atoms with van der Waals surface area (Å²) in [5, 5.41) is 1.68. The Balaban J connectivity index is 2.08. The van der Waals surface area contributed by atoms with Gasteiger partial charge in [-0.1, -0.05) is 74.3 Å². The minimum atomic E-state index is -0.717. The van der Waals surface area contributed by atoms with Crippen molar-refractivity contribution >= 4 is 46.0 Å². The SMILES string of the molecule is CC(C)(C)C(=O)c1oc2nc(-c3ccccc3Cl)c(-c3ccc(Cl)cc3)cc2c1CC(N)=O. The molecule has 0 fully saturated rings. The third-order valence-electron chi connectivity index (χ3n) is 5.31. The number of rotatable bonds is 5. The lowest BCUT2D eigenvalue weighted by molar-refractivity contribution is -0.117. The van der Waals surface area contributed by atoms with E-state index < -0.39 is 11.3 Å². The number of nitrogens with two attached hydrogens (primary N) is 1. The van der Waals surface area contributed by atoms with E-state index in [2.05, 4.69) is 0 Å². The molecule has 0 spiro atoms. The van der Waals surface area contributed by atoms with Gasteiger partial charge >= 0.3 is 0 Å². The number of carbonyl (C=O) groups excluding carboxylic acids is 2. The second-order valence-corrected chi connectivity index (χ2v) is 9.70. The molecule has 0 saturated carbocycles. The Hall–Kier alpha value is -3.15. The molecule has 0 aliphatic heterocycles. The third kappa shape index (κ3) is 4.52. The van der Waals surface area contributed by atoms with Gasteiger partial charge in [0.25, 0.3) is 0 Å². The van der Waals surface area contributed by atoms with Crippen molar-refractivity contribution in [3.8, 4) is 22.4 Å². The lowest BCUT2D eigenvalue weighted by atomic mass is 9.87. The van der Waals surface area contributed by atoms with Crippen LogP contribution >= 0.6 is 23.2 Å². The van der Waals surface area contributed by atoms with Gasteiger partial charge in [-0.3, -0.25) is 9.59 Å². The quantitative estimate of drug-likeness (QED) is 0.321. The first-order valence-corrected chi connectivity index (χ1v) is 11.1. The smallest absolute Gasteiger partial charge is 0.227 e. The number of halogens is 2. The van der Waals surface area contributed by atoms with E-state index in [0.29, 0.717) is 32.3 Å². The van der Waals surface area contributed by atoms with Crippen LogP contribution in [0.4, 0.5) is 0 Å². The number of carbonyl (C=O) groups is 2. The number of Topliss-reactive ketones (excluding diaryl/α,β-unsaturated/α-hetero) is 1. The monoisotopic (exact) mass is 480 g/mol.